The van der Waals surface area contributed by atoms with E-state index in [2.05, 4.69) is 60.3 Å². The van der Waals surface area contributed by atoms with Gasteiger partial charge in [-0.05, 0) is 102 Å². The summed E-state index contributed by atoms with van der Waals surface area (Å²) in [6, 6.07) is 0. The van der Waals surface area contributed by atoms with Crippen molar-refractivity contribution in [3.05, 3.63) is 46.6 Å². The lowest BCUT2D eigenvalue weighted by molar-refractivity contribution is 0.00234. The molecule has 2 nitrogen and oxygen atoms in total. The highest BCUT2D eigenvalue weighted by atomic mass is 16.5. The molecule has 1 aliphatic rings. The van der Waals surface area contributed by atoms with Crippen molar-refractivity contribution in [2.75, 3.05) is 0 Å². The Labute approximate surface area is 191 Å². The fourth-order valence-electron chi connectivity index (χ4n) is 5.25. The number of benzene rings is 1. The minimum absolute atomic E-state index is 0.259. The Kier molecular flexibility index (Phi) is 8.86. The van der Waals surface area contributed by atoms with Gasteiger partial charge < -0.3 is 9.84 Å². The lowest BCUT2D eigenvalue weighted by Crippen LogP contribution is -2.46. The molecule has 0 saturated heterocycles. The van der Waals surface area contributed by atoms with Crippen molar-refractivity contribution in [2.45, 2.75) is 106 Å². The van der Waals surface area contributed by atoms with Gasteiger partial charge in [-0.15, -0.1) is 6.58 Å². The summed E-state index contributed by atoms with van der Waals surface area (Å²) in [6.45, 7) is 21.7. The first-order valence-electron chi connectivity index (χ1n) is 12.3. The number of phenols is 1. The highest BCUT2D eigenvalue weighted by Crippen LogP contribution is 2.47. The number of rotatable bonds is 10. The number of phenolic OH excluding ortho intramolecular Hbond substituents is 1. The summed E-state index contributed by atoms with van der Waals surface area (Å²) in [7, 11) is 0. The molecule has 174 valence electrons. The Balaban J connectivity index is 2.08. The molecular formula is C29H46O2. The first kappa shape index (κ1) is 25.6. The van der Waals surface area contributed by atoms with Crippen molar-refractivity contribution < 1.29 is 9.84 Å². The first-order valence-corrected chi connectivity index (χ1v) is 12.3. The van der Waals surface area contributed by atoms with Crippen LogP contribution in [0, 0.1) is 38.5 Å². The molecule has 3 atom stereocenters. The second-order valence-electron chi connectivity index (χ2n) is 10.6. The molecule has 31 heavy (non-hydrogen) atoms. The summed E-state index contributed by atoms with van der Waals surface area (Å²) in [5.74, 6) is 3.00. The van der Waals surface area contributed by atoms with E-state index in [-0.39, 0.29) is 5.60 Å². The number of ether oxygens (including phenoxy) is 1. The van der Waals surface area contributed by atoms with Crippen LogP contribution in [0.15, 0.2) is 24.3 Å². The summed E-state index contributed by atoms with van der Waals surface area (Å²) in [6.07, 6.45) is 12.6. The summed E-state index contributed by atoms with van der Waals surface area (Å²) >= 11 is 0. The summed E-state index contributed by atoms with van der Waals surface area (Å²) in [5.41, 5.74) is 5.42. The third-order valence-electron chi connectivity index (χ3n) is 7.59. The molecule has 1 heterocycles. The maximum atomic E-state index is 10.5. The van der Waals surface area contributed by atoms with Gasteiger partial charge in [-0.1, -0.05) is 44.9 Å². The Morgan fingerprint density at radius 1 is 1.13 bits per heavy atom. The van der Waals surface area contributed by atoms with Crippen molar-refractivity contribution in [3.63, 3.8) is 0 Å². The molecule has 0 spiro atoms. The number of aromatic hydroxyl groups is 1. The van der Waals surface area contributed by atoms with E-state index in [0.717, 1.165) is 54.0 Å². The van der Waals surface area contributed by atoms with Crippen molar-refractivity contribution >= 4 is 0 Å². The Bertz CT molecular complexity index is 802. The molecule has 0 radical (unpaired) electrons. The predicted molar refractivity (Wildman–Crippen MR) is 134 cm³/mol. The zero-order valence-electron chi connectivity index (χ0n) is 21.4. The fourth-order valence-corrected chi connectivity index (χ4v) is 5.25. The van der Waals surface area contributed by atoms with Crippen molar-refractivity contribution in [1.29, 1.82) is 0 Å². The average Bonchev–Trinajstić information content (AvgIpc) is 2.70. The lowest BCUT2D eigenvalue weighted by Gasteiger charge is -2.44. The van der Waals surface area contributed by atoms with E-state index in [1.807, 2.05) is 13.8 Å². The summed E-state index contributed by atoms with van der Waals surface area (Å²) in [4.78, 5) is 0. The highest BCUT2D eigenvalue weighted by Gasteiger charge is 2.41. The summed E-state index contributed by atoms with van der Waals surface area (Å²) in [5, 5.41) is 10.5. The second kappa shape index (κ2) is 10.7. The van der Waals surface area contributed by atoms with Gasteiger partial charge in [0.2, 0.25) is 0 Å². The van der Waals surface area contributed by atoms with Crippen LogP contribution >= 0.6 is 0 Å². The van der Waals surface area contributed by atoms with E-state index in [1.165, 1.54) is 30.4 Å². The third kappa shape index (κ3) is 5.96. The molecule has 0 aliphatic carbocycles. The van der Waals surface area contributed by atoms with Crippen molar-refractivity contribution in [1.82, 2.24) is 0 Å². The van der Waals surface area contributed by atoms with Gasteiger partial charge in [-0.2, -0.15) is 0 Å². The molecule has 1 aromatic rings. The largest absolute Gasteiger partial charge is 0.507 e. The van der Waals surface area contributed by atoms with Gasteiger partial charge in [0, 0.05) is 11.5 Å². The Morgan fingerprint density at radius 2 is 1.81 bits per heavy atom. The normalized spacial score (nSPS) is 20.9. The van der Waals surface area contributed by atoms with Crippen LogP contribution in [0.5, 0.6) is 11.5 Å². The highest BCUT2D eigenvalue weighted by molar-refractivity contribution is 5.58. The van der Waals surface area contributed by atoms with Crippen LogP contribution < -0.4 is 4.74 Å². The van der Waals surface area contributed by atoms with Crippen molar-refractivity contribution in [3.8, 4) is 11.5 Å². The molecule has 2 heteroatoms. The summed E-state index contributed by atoms with van der Waals surface area (Å²) < 4.78 is 6.75. The zero-order valence-corrected chi connectivity index (χ0v) is 21.4. The quantitative estimate of drug-likeness (QED) is 0.381. The fraction of sp³-hybridized carbons (Fsp3) is 0.655. The molecule has 0 aromatic heterocycles. The van der Waals surface area contributed by atoms with Gasteiger partial charge >= 0.3 is 0 Å². The van der Waals surface area contributed by atoms with Crippen LogP contribution in [0.25, 0.3) is 0 Å². The molecule has 1 aromatic carbocycles. The average molecular weight is 427 g/mol. The standard InChI is InChI=1S/C29H46O2/c1-10-26(21(5)16-12-15-20(4)14-11-13-19(2)3)29(9)18-17-25-24(8)27(30)22(6)23(7)28(25)31-29/h10,15,19,21,26,30H,1,11-14,16-18H2,2-9H3. The van der Waals surface area contributed by atoms with Crippen LogP contribution in [-0.2, 0) is 6.42 Å². The van der Waals surface area contributed by atoms with E-state index < -0.39 is 0 Å². The minimum atomic E-state index is -0.259. The minimum Gasteiger partial charge on any atom is -0.507 e. The molecular weight excluding hydrogens is 380 g/mol. The number of allylic oxidation sites excluding steroid dienone is 2. The van der Waals surface area contributed by atoms with Crippen LogP contribution in [0.1, 0.15) is 95.4 Å². The maximum Gasteiger partial charge on any atom is 0.127 e. The van der Waals surface area contributed by atoms with E-state index in [9.17, 15) is 5.11 Å². The van der Waals surface area contributed by atoms with E-state index >= 15 is 0 Å². The maximum absolute atomic E-state index is 10.5. The van der Waals surface area contributed by atoms with Crippen LogP contribution in [0.4, 0.5) is 0 Å². The Morgan fingerprint density at radius 3 is 2.42 bits per heavy atom. The van der Waals surface area contributed by atoms with Gasteiger partial charge in [-0.3, -0.25) is 0 Å². The molecule has 1 N–H and O–H groups in total. The van der Waals surface area contributed by atoms with E-state index in [0.29, 0.717) is 17.6 Å². The molecule has 0 saturated carbocycles. The number of fused-ring (bicyclic) bond motifs is 1. The van der Waals surface area contributed by atoms with Gasteiger partial charge in [0.05, 0.1) is 0 Å². The molecule has 1 aliphatic heterocycles. The number of hydrogen-bond donors (Lipinski definition) is 1. The Hall–Kier alpha value is -1.70. The van der Waals surface area contributed by atoms with Crippen molar-refractivity contribution in [2.24, 2.45) is 17.8 Å². The molecule has 2 rings (SSSR count). The molecule has 3 unspecified atom stereocenters. The van der Waals surface area contributed by atoms with E-state index in [1.54, 1.807) is 0 Å². The monoisotopic (exact) mass is 426 g/mol. The van der Waals surface area contributed by atoms with Gasteiger partial charge in [0.25, 0.3) is 0 Å². The zero-order chi connectivity index (χ0) is 23.3. The predicted octanol–water partition coefficient (Wildman–Crippen LogP) is 8.39. The van der Waals surface area contributed by atoms with Crippen LogP contribution in [0.3, 0.4) is 0 Å². The molecule has 0 bridgehead atoms. The van der Waals surface area contributed by atoms with Gasteiger partial charge in [0.15, 0.2) is 0 Å². The third-order valence-corrected chi connectivity index (χ3v) is 7.59. The molecule has 0 amide bonds. The smallest absolute Gasteiger partial charge is 0.127 e. The second-order valence-corrected chi connectivity index (χ2v) is 10.6. The first-order chi connectivity index (χ1) is 14.5. The van der Waals surface area contributed by atoms with Crippen LogP contribution in [-0.4, -0.2) is 10.7 Å². The SMILES string of the molecule is C=CC(C(C)CCC=C(C)CCCC(C)C)C1(C)CCc2c(C)c(O)c(C)c(C)c2O1. The topological polar surface area (TPSA) is 29.5 Å². The van der Waals surface area contributed by atoms with Gasteiger partial charge in [-0.25, -0.2) is 0 Å². The van der Waals surface area contributed by atoms with Gasteiger partial charge in [0.1, 0.15) is 17.1 Å². The van der Waals surface area contributed by atoms with Crippen LogP contribution in [0.2, 0.25) is 0 Å². The number of hydrogen-bond acceptors (Lipinski definition) is 2. The lowest BCUT2D eigenvalue weighted by atomic mass is 9.73. The van der Waals surface area contributed by atoms with E-state index in [4.69, 9.17) is 4.74 Å². The molecule has 0 fully saturated rings.